The molecule has 0 heterocycles. The van der Waals surface area contributed by atoms with Gasteiger partial charge < -0.3 is 4.74 Å². The monoisotopic (exact) mass is 170 g/mol. The molecule has 0 aromatic rings. The third-order valence-corrected chi connectivity index (χ3v) is 2.55. The molecule has 2 heteroatoms. The second-order valence-corrected chi connectivity index (χ2v) is 3.51. The summed E-state index contributed by atoms with van der Waals surface area (Å²) in [5.41, 5.74) is 0. The van der Waals surface area contributed by atoms with Crippen molar-refractivity contribution in [3.63, 3.8) is 0 Å². The average Bonchev–Trinajstić information content (AvgIpc) is 2.57. The van der Waals surface area contributed by atoms with Crippen LogP contribution in [0.2, 0.25) is 0 Å². The minimum Gasteiger partial charge on any atom is -0.466 e. The van der Waals surface area contributed by atoms with Gasteiger partial charge in [-0.3, -0.25) is 4.79 Å². The summed E-state index contributed by atoms with van der Waals surface area (Å²) >= 11 is 0. The number of carbonyl (C=O) groups excluding carboxylic acids is 1. The molecule has 1 rings (SSSR count). The molecule has 1 aliphatic carbocycles. The zero-order valence-electron chi connectivity index (χ0n) is 7.84. The first kappa shape index (κ1) is 9.56. The van der Waals surface area contributed by atoms with Gasteiger partial charge in [0, 0.05) is 6.42 Å². The van der Waals surface area contributed by atoms with E-state index in [-0.39, 0.29) is 5.97 Å². The van der Waals surface area contributed by atoms with Gasteiger partial charge in [0.05, 0.1) is 6.61 Å². The Morgan fingerprint density at radius 2 is 2.08 bits per heavy atom. The molecule has 0 unspecified atom stereocenters. The average molecular weight is 170 g/mol. The molecular weight excluding hydrogens is 152 g/mol. The van der Waals surface area contributed by atoms with Crippen LogP contribution in [0.4, 0.5) is 0 Å². The predicted octanol–water partition coefficient (Wildman–Crippen LogP) is 2.52. The fourth-order valence-electron chi connectivity index (χ4n) is 1.74. The van der Waals surface area contributed by atoms with Crippen molar-refractivity contribution in [1.29, 1.82) is 0 Å². The zero-order chi connectivity index (χ0) is 8.81. The van der Waals surface area contributed by atoms with Gasteiger partial charge in [0.25, 0.3) is 0 Å². The van der Waals surface area contributed by atoms with Crippen molar-refractivity contribution < 1.29 is 9.53 Å². The van der Waals surface area contributed by atoms with Gasteiger partial charge in [0.1, 0.15) is 0 Å². The van der Waals surface area contributed by atoms with Gasteiger partial charge in [-0.05, 0) is 12.3 Å². The molecule has 70 valence electrons. The molecule has 0 bridgehead atoms. The smallest absolute Gasteiger partial charge is 0.305 e. The highest BCUT2D eigenvalue weighted by atomic mass is 16.5. The first-order chi connectivity index (χ1) is 5.83. The molecule has 0 aromatic carbocycles. The van der Waals surface area contributed by atoms with E-state index in [9.17, 15) is 4.79 Å². The van der Waals surface area contributed by atoms with Gasteiger partial charge in [-0.1, -0.05) is 32.6 Å². The maximum Gasteiger partial charge on any atom is 0.305 e. The second-order valence-electron chi connectivity index (χ2n) is 3.51. The van der Waals surface area contributed by atoms with Crippen molar-refractivity contribution in [1.82, 2.24) is 0 Å². The van der Waals surface area contributed by atoms with Crippen molar-refractivity contribution >= 4 is 5.97 Å². The molecule has 1 saturated carbocycles. The van der Waals surface area contributed by atoms with Gasteiger partial charge in [0.2, 0.25) is 0 Å². The number of ether oxygens (including phenoxy) is 1. The topological polar surface area (TPSA) is 26.3 Å². The van der Waals surface area contributed by atoms with E-state index in [2.05, 4.69) is 0 Å². The van der Waals surface area contributed by atoms with E-state index in [0.717, 1.165) is 12.3 Å². The highest BCUT2D eigenvalue weighted by Gasteiger charge is 2.14. The Morgan fingerprint density at radius 3 is 2.67 bits per heavy atom. The minimum absolute atomic E-state index is 0.0620. The van der Waals surface area contributed by atoms with Crippen LogP contribution in [-0.2, 0) is 9.53 Å². The molecule has 12 heavy (non-hydrogen) atoms. The standard InChI is InChI=1S/C10H18O2/c1-2-10(11)12-8-7-9-5-3-4-6-9/h9H,2-8H2,1H3. The van der Waals surface area contributed by atoms with Crippen LogP contribution in [0.1, 0.15) is 45.4 Å². The van der Waals surface area contributed by atoms with Gasteiger partial charge >= 0.3 is 5.97 Å². The van der Waals surface area contributed by atoms with Crippen LogP contribution in [0.3, 0.4) is 0 Å². The summed E-state index contributed by atoms with van der Waals surface area (Å²) in [4.78, 5) is 10.8. The summed E-state index contributed by atoms with van der Waals surface area (Å²) in [6.07, 6.45) is 6.99. The van der Waals surface area contributed by atoms with Gasteiger partial charge in [0.15, 0.2) is 0 Å². The lowest BCUT2D eigenvalue weighted by atomic mass is 10.1. The number of carbonyl (C=O) groups is 1. The molecule has 0 radical (unpaired) electrons. The first-order valence-electron chi connectivity index (χ1n) is 4.98. The third kappa shape index (κ3) is 3.24. The predicted molar refractivity (Wildman–Crippen MR) is 47.8 cm³/mol. The summed E-state index contributed by atoms with van der Waals surface area (Å²) in [7, 11) is 0. The lowest BCUT2D eigenvalue weighted by Gasteiger charge is -2.08. The molecule has 0 aliphatic heterocycles. The molecule has 1 fully saturated rings. The van der Waals surface area contributed by atoms with Crippen LogP contribution >= 0.6 is 0 Å². The van der Waals surface area contributed by atoms with Gasteiger partial charge in [-0.25, -0.2) is 0 Å². The fourth-order valence-corrected chi connectivity index (χ4v) is 1.74. The van der Waals surface area contributed by atoms with Crippen molar-refractivity contribution in [2.75, 3.05) is 6.61 Å². The number of hydrogen-bond donors (Lipinski definition) is 0. The van der Waals surface area contributed by atoms with E-state index in [1.165, 1.54) is 25.7 Å². The van der Waals surface area contributed by atoms with Crippen molar-refractivity contribution in [2.45, 2.75) is 45.4 Å². The molecule has 2 nitrogen and oxygen atoms in total. The Hall–Kier alpha value is -0.530. The maximum atomic E-state index is 10.8. The van der Waals surface area contributed by atoms with E-state index in [4.69, 9.17) is 4.74 Å². The largest absolute Gasteiger partial charge is 0.466 e. The summed E-state index contributed by atoms with van der Waals surface area (Å²) in [5.74, 6) is 0.766. The SMILES string of the molecule is CCC(=O)OCCC1CCCC1. The third-order valence-electron chi connectivity index (χ3n) is 2.55. The van der Waals surface area contributed by atoms with Crippen LogP contribution in [0.5, 0.6) is 0 Å². The Kier molecular flexibility index (Phi) is 4.12. The highest BCUT2D eigenvalue weighted by Crippen LogP contribution is 2.27. The van der Waals surface area contributed by atoms with Crippen LogP contribution in [0.25, 0.3) is 0 Å². The van der Waals surface area contributed by atoms with Crippen LogP contribution < -0.4 is 0 Å². The van der Waals surface area contributed by atoms with E-state index >= 15 is 0 Å². The van der Waals surface area contributed by atoms with Crippen LogP contribution in [-0.4, -0.2) is 12.6 Å². The Morgan fingerprint density at radius 1 is 1.42 bits per heavy atom. The normalized spacial score (nSPS) is 18.1. The molecule has 0 N–H and O–H groups in total. The number of hydrogen-bond acceptors (Lipinski definition) is 2. The Bertz CT molecular complexity index is 137. The summed E-state index contributed by atoms with van der Waals surface area (Å²) in [5, 5.41) is 0. The van der Waals surface area contributed by atoms with Crippen molar-refractivity contribution in [3.05, 3.63) is 0 Å². The van der Waals surface area contributed by atoms with Crippen molar-refractivity contribution in [2.24, 2.45) is 5.92 Å². The highest BCUT2D eigenvalue weighted by molar-refractivity contribution is 5.68. The minimum atomic E-state index is -0.0620. The molecule has 0 saturated heterocycles. The van der Waals surface area contributed by atoms with Gasteiger partial charge in [-0.2, -0.15) is 0 Å². The summed E-state index contributed by atoms with van der Waals surface area (Å²) in [6.45, 7) is 2.47. The molecule has 1 aliphatic rings. The summed E-state index contributed by atoms with van der Waals surface area (Å²) < 4.78 is 5.01. The lowest BCUT2D eigenvalue weighted by molar-refractivity contribution is -0.143. The Balaban J connectivity index is 1.97. The fraction of sp³-hybridized carbons (Fsp3) is 0.900. The van der Waals surface area contributed by atoms with Crippen molar-refractivity contribution in [3.8, 4) is 0 Å². The van der Waals surface area contributed by atoms with E-state index in [1.54, 1.807) is 0 Å². The molecular formula is C10H18O2. The van der Waals surface area contributed by atoms with E-state index < -0.39 is 0 Å². The number of esters is 1. The quantitative estimate of drug-likeness (QED) is 0.606. The van der Waals surface area contributed by atoms with Gasteiger partial charge in [-0.15, -0.1) is 0 Å². The van der Waals surface area contributed by atoms with E-state index in [1.807, 2.05) is 6.92 Å². The van der Waals surface area contributed by atoms with Crippen LogP contribution in [0.15, 0.2) is 0 Å². The zero-order valence-corrected chi connectivity index (χ0v) is 7.84. The lowest BCUT2D eigenvalue weighted by Crippen LogP contribution is -2.07. The molecule has 0 spiro atoms. The Labute approximate surface area is 74.3 Å². The molecule has 0 atom stereocenters. The second kappa shape index (κ2) is 5.18. The van der Waals surface area contributed by atoms with Crippen LogP contribution in [0, 0.1) is 5.92 Å². The number of rotatable bonds is 4. The first-order valence-corrected chi connectivity index (χ1v) is 4.98. The summed E-state index contributed by atoms with van der Waals surface area (Å²) in [6, 6.07) is 0. The molecule has 0 aromatic heterocycles. The van der Waals surface area contributed by atoms with E-state index in [0.29, 0.717) is 13.0 Å². The maximum absolute atomic E-state index is 10.8. The molecule has 0 amide bonds.